The van der Waals surface area contributed by atoms with Crippen molar-refractivity contribution >= 4 is 22.2 Å². The van der Waals surface area contributed by atoms with Crippen molar-refractivity contribution in [3.63, 3.8) is 0 Å². The molecule has 0 aromatic heterocycles. The van der Waals surface area contributed by atoms with Crippen LogP contribution in [-0.4, -0.2) is 47.6 Å². The molecule has 4 rings (SSSR count). The molecule has 2 aromatic rings. The molecule has 9 heteroatoms. The van der Waals surface area contributed by atoms with Crippen LogP contribution in [0.15, 0.2) is 42.5 Å². The minimum absolute atomic E-state index is 0.231. The Kier molecular flexibility index (Phi) is 4.35. The molecule has 2 unspecified atom stereocenters. The smallest absolute Gasteiger partial charge is 0.410 e. The summed E-state index contributed by atoms with van der Waals surface area (Å²) in [6.45, 7) is 0.0621. The fraction of sp³-hybridized carbons (Fsp3) is 0.263. The molecule has 1 amide bonds. The zero-order chi connectivity index (χ0) is 20.1. The lowest BCUT2D eigenvalue weighted by atomic mass is 10.0. The van der Waals surface area contributed by atoms with Crippen molar-refractivity contribution < 1.29 is 32.4 Å². The van der Waals surface area contributed by atoms with Crippen LogP contribution in [0.1, 0.15) is 28.4 Å². The number of carboxylic acid groups (broad SMARTS) is 1. The van der Waals surface area contributed by atoms with Gasteiger partial charge >= 0.3 is 12.1 Å². The van der Waals surface area contributed by atoms with Crippen LogP contribution in [0.5, 0.6) is 0 Å². The van der Waals surface area contributed by atoms with Gasteiger partial charge in [0.2, 0.25) is 0 Å². The van der Waals surface area contributed by atoms with Crippen LogP contribution in [0, 0.1) is 0 Å². The summed E-state index contributed by atoms with van der Waals surface area (Å²) >= 11 is 0. The Morgan fingerprint density at radius 1 is 1.11 bits per heavy atom. The quantitative estimate of drug-likeness (QED) is 0.752. The number of likely N-dealkylation sites (tertiary alicyclic amines) is 1. The molecule has 1 fully saturated rings. The van der Waals surface area contributed by atoms with E-state index in [1.165, 1.54) is 0 Å². The Morgan fingerprint density at radius 2 is 1.82 bits per heavy atom. The molecule has 0 bridgehead atoms. The maximum Gasteiger partial charge on any atom is 0.410 e. The summed E-state index contributed by atoms with van der Waals surface area (Å²) in [6, 6.07) is 11.1. The summed E-state index contributed by atoms with van der Waals surface area (Å²) in [5.41, 5.74) is 2.63. The van der Waals surface area contributed by atoms with E-state index in [1.54, 1.807) is 42.5 Å². The molecule has 2 aliphatic rings. The molecule has 1 heterocycles. The second kappa shape index (κ2) is 6.61. The van der Waals surface area contributed by atoms with Gasteiger partial charge in [-0.15, -0.1) is 0 Å². The number of carbonyl (C=O) groups is 2. The number of aliphatic carboxylic acids is 1. The van der Waals surface area contributed by atoms with Gasteiger partial charge in [0.1, 0.15) is 17.9 Å². The summed E-state index contributed by atoms with van der Waals surface area (Å²) in [7, 11) is -4.45. The third kappa shape index (κ3) is 2.92. The molecule has 0 saturated carbocycles. The third-order valence-corrected chi connectivity index (χ3v) is 6.27. The standard InChI is InChI=1S/C19H17NO7S/c21-18(22)15-8-9-20(15)19(23)27-10-11-4-3-7-13-12-5-1-2-6-14(12)17(16(11)13)28(24,25)26/h1-7,15,17H,8-10H2,(H,21,22)(H,24,25,26). The number of carboxylic acids is 1. The average molecular weight is 403 g/mol. The molecule has 1 aliphatic heterocycles. The molecular weight excluding hydrogens is 386 g/mol. The molecule has 1 saturated heterocycles. The third-order valence-electron chi connectivity index (χ3n) is 5.18. The van der Waals surface area contributed by atoms with E-state index in [0.717, 1.165) is 4.90 Å². The van der Waals surface area contributed by atoms with Crippen molar-refractivity contribution in [2.24, 2.45) is 0 Å². The molecule has 1 aliphatic carbocycles. The summed E-state index contributed by atoms with van der Waals surface area (Å²) in [4.78, 5) is 24.4. The van der Waals surface area contributed by atoms with Crippen molar-refractivity contribution in [1.82, 2.24) is 4.90 Å². The van der Waals surface area contributed by atoms with Crippen molar-refractivity contribution in [2.75, 3.05) is 6.54 Å². The predicted octanol–water partition coefficient (Wildman–Crippen LogP) is 2.44. The first-order valence-electron chi connectivity index (χ1n) is 8.62. The molecule has 0 spiro atoms. The highest BCUT2D eigenvalue weighted by Crippen LogP contribution is 2.48. The maximum atomic E-state index is 12.2. The SMILES string of the molecule is O=C(O)C1CCN1C(=O)OCc1cccc2c1C(S(=O)(=O)O)c1ccccc1-2. The number of fused-ring (bicyclic) bond motifs is 3. The molecule has 2 N–H and O–H groups in total. The van der Waals surface area contributed by atoms with E-state index in [1.807, 2.05) is 0 Å². The van der Waals surface area contributed by atoms with E-state index >= 15 is 0 Å². The Bertz CT molecular complexity index is 1080. The van der Waals surface area contributed by atoms with Crippen molar-refractivity contribution in [3.8, 4) is 11.1 Å². The number of rotatable bonds is 4. The second-order valence-electron chi connectivity index (χ2n) is 6.75. The van der Waals surface area contributed by atoms with Crippen LogP contribution in [0.4, 0.5) is 4.79 Å². The first-order valence-corrected chi connectivity index (χ1v) is 10.1. The number of ether oxygens (including phenoxy) is 1. The van der Waals surface area contributed by atoms with Crippen molar-refractivity contribution in [2.45, 2.75) is 24.3 Å². The van der Waals surface area contributed by atoms with Crippen LogP contribution >= 0.6 is 0 Å². The molecule has 28 heavy (non-hydrogen) atoms. The number of benzene rings is 2. The predicted molar refractivity (Wildman–Crippen MR) is 98.2 cm³/mol. The number of carbonyl (C=O) groups excluding carboxylic acids is 1. The number of hydrogen-bond donors (Lipinski definition) is 2. The largest absolute Gasteiger partial charge is 0.480 e. The van der Waals surface area contributed by atoms with E-state index in [4.69, 9.17) is 9.84 Å². The molecule has 8 nitrogen and oxygen atoms in total. The van der Waals surface area contributed by atoms with Crippen LogP contribution in [-0.2, 0) is 26.3 Å². The number of nitrogens with zero attached hydrogens (tertiary/aromatic N) is 1. The van der Waals surface area contributed by atoms with Crippen LogP contribution in [0.25, 0.3) is 11.1 Å². The molecule has 146 valence electrons. The molecule has 2 aromatic carbocycles. The monoisotopic (exact) mass is 403 g/mol. The van der Waals surface area contributed by atoms with Gasteiger partial charge in [-0.05, 0) is 34.2 Å². The number of amides is 1. The van der Waals surface area contributed by atoms with E-state index < -0.39 is 33.5 Å². The zero-order valence-corrected chi connectivity index (χ0v) is 15.4. The normalized spacial score (nSPS) is 20.1. The first kappa shape index (κ1) is 18.5. The Balaban J connectivity index is 1.65. The lowest BCUT2D eigenvalue weighted by Gasteiger charge is -2.36. The Hall–Kier alpha value is -2.91. The summed E-state index contributed by atoms with van der Waals surface area (Å²) in [5.74, 6) is -1.09. The van der Waals surface area contributed by atoms with Gasteiger partial charge in [0.15, 0.2) is 0 Å². The highest BCUT2D eigenvalue weighted by atomic mass is 32.2. The van der Waals surface area contributed by atoms with Gasteiger partial charge in [-0.3, -0.25) is 9.45 Å². The Labute approximate surface area is 161 Å². The minimum atomic E-state index is -4.45. The van der Waals surface area contributed by atoms with Crippen LogP contribution in [0.3, 0.4) is 0 Å². The van der Waals surface area contributed by atoms with Gasteiger partial charge in [-0.25, -0.2) is 9.59 Å². The molecular formula is C19H17NO7S. The fourth-order valence-corrected chi connectivity index (χ4v) is 4.91. The van der Waals surface area contributed by atoms with Gasteiger partial charge in [0.25, 0.3) is 10.1 Å². The fourth-order valence-electron chi connectivity index (χ4n) is 3.80. The lowest BCUT2D eigenvalue weighted by Crippen LogP contribution is -2.55. The minimum Gasteiger partial charge on any atom is -0.480 e. The van der Waals surface area contributed by atoms with Gasteiger partial charge in [0.05, 0.1) is 0 Å². The van der Waals surface area contributed by atoms with E-state index in [0.29, 0.717) is 40.8 Å². The van der Waals surface area contributed by atoms with Crippen molar-refractivity contribution in [3.05, 3.63) is 59.2 Å². The van der Waals surface area contributed by atoms with Crippen molar-refractivity contribution in [1.29, 1.82) is 0 Å². The van der Waals surface area contributed by atoms with Crippen LogP contribution < -0.4 is 0 Å². The average Bonchev–Trinajstić information content (AvgIpc) is 2.93. The highest BCUT2D eigenvalue weighted by Gasteiger charge is 2.40. The first-order chi connectivity index (χ1) is 13.3. The maximum absolute atomic E-state index is 12.2. The van der Waals surface area contributed by atoms with Gasteiger partial charge in [-0.1, -0.05) is 42.5 Å². The van der Waals surface area contributed by atoms with Crippen LogP contribution in [0.2, 0.25) is 0 Å². The van der Waals surface area contributed by atoms with Gasteiger partial charge < -0.3 is 9.84 Å². The summed E-state index contributed by atoms with van der Waals surface area (Å²) in [5, 5.41) is 7.79. The second-order valence-corrected chi connectivity index (χ2v) is 8.25. The van der Waals surface area contributed by atoms with Gasteiger partial charge in [-0.2, -0.15) is 8.42 Å². The summed E-state index contributed by atoms with van der Waals surface area (Å²) < 4.78 is 39.3. The summed E-state index contributed by atoms with van der Waals surface area (Å²) in [6.07, 6.45) is -0.402. The van der Waals surface area contributed by atoms with E-state index in [2.05, 4.69) is 0 Å². The topological polar surface area (TPSA) is 121 Å². The van der Waals surface area contributed by atoms with Gasteiger partial charge in [0, 0.05) is 6.54 Å². The highest BCUT2D eigenvalue weighted by molar-refractivity contribution is 7.86. The van der Waals surface area contributed by atoms with E-state index in [-0.39, 0.29) is 6.61 Å². The van der Waals surface area contributed by atoms with E-state index in [9.17, 15) is 22.6 Å². The molecule has 2 atom stereocenters. The zero-order valence-electron chi connectivity index (χ0n) is 14.6. The Morgan fingerprint density at radius 3 is 2.46 bits per heavy atom. The molecule has 0 radical (unpaired) electrons. The number of hydrogen-bond acceptors (Lipinski definition) is 5. The lowest BCUT2D eigenvalue weighted by molar-refractivity contribution is -0.146.